The Kier molecular flexibility index (Phi) is 3.07. The number of nitrogen functional groups attached to an aromatic ring is 2. The lowest BCUT2D eigenvalue weighted by molar-refractivity contribution is 0.439. The average molecular weight is 222 g/mol. The van der Waals surface area contributed by atoms with Gasteiger partial charge in [0, 0.05) is 6.54 Å². The maximum Gasteiger partial charge on any atom is 0.229 e. The molecule has 0 saturated heterocycles. The van der Waals surface area contributed by atoms with Gasteiger partial charge in [-0.05, 0) is 18.3 Å². The van der Waals surface area contributed by atoms with Gasteiger partial charge in [0.05, 0.1) is 0 Å². The Labute approximate surface area is 94.9 Å². The monoisotopic (exact) mass is 222 g/mol. The van der Waals surface area contributed by atoms with Crippen LogP contribution in [0, 0.1) is 11.8 Å². The van der Waals surface area contributed by atoms with Gasteiger partial charge in [-0.1, -0.05) is 19.8 Å². The van der Waals surface area contributed by atoms with Gasteiger partial charge < -0.3 is 16.8 Å². The minimum absolute atomic E-state index is 0.162. The van der Waals surface area contributed by atoms with Crippen molar-refractivity contribution < 1.29 is 0 Å². The first-order valence-corrected chi connectivity index (χ1v) is 5.66. The quantitative estimate of drug-likeness (QED) is 0.701. The van der Waals surface area contributed by atoms with Gasteiger partial charge >= 0.3 is 0 Å². The Balaban J connectivity index is 1.94. The standard InChI is InChI=1S/C10H18N6/c1-6-3-2-4-7(6)5-13-10-15-8(11)14-9(12)16-10/h6-7H,2-5H2,1H3,(H5,11,12,13,14,15,16). The normalized spacial score (nSPS) is 24.6. The highest BCUT2D eigenvalue weighted by Crippen LogP contribution is 2.30. The molecule has 1 aliphatic rings. The second-order valence-electron chi connectivity index (χ2n) is 4.42. The lowest BCUT2D eigenvalue weighted by Gasteiger charge is -2.15. The van der Waals surface area contributed by atoms with Crippen molar-refractivity contribution in [2.45, 2.75) is 26.2 Å². The van der Waals surface area contributed by atoms with Crippen molar-refractivity contribution in [3.05, 3.63) is 0 Å². The summed E-state index contributed by atoms with van der Waals surface area (Å²) in [5.74, 6) is 2.26. The van der Waals surface area contributed by atoms with Crippen molar-refractivity contribution in [3.8, 4) is 0 Å². The third kappa shape index (κ3) is 2.50. The van der Waals surface area contributed by atoms with Crippen molar-refractivity contribution in [2.24, 2.45) is 11.8 Å². The summed E-state index contributed by atoms with van der Waals surface area (Å²) in [6, 6.07) is 0. The van der Waals surface area contributed by atoms with Crippen LogP contribution in [0.15, 0.2) is 0 Å². The van der Waals surface area contributed by atoms with Crippen LogP contribution in [0.5, 0.6) is 0 Å². The summed E-state index contributed by atoms with van der Waals surface area (Å²) in [6.45, 7) is 3.17. The molecule has 1 aromatic heterocycles. The molecule has 6 heteroatoms. The molecule has 0 bridgehead atoms. The van der Waals surface area contributed by atoms with E-state index in [2.05, 4.69) is 27.2 Å². The predicted octanol–water partition coefficient (Wildman–Crippen LogP) is 0.884. The van der Waals surface area contributed by atoms with E-state index in [-0.39, 0.29) is 11.9 Å². The van der Waals surface area contributed by atoms with E-state index in [1.54, 1.807) is 0 Å². The van der Waals surface area contributed by atoms with E-state index in [1.165, 1.54) is 19.3 Å². The number of aromatic nitrogens is 3. The number of nitrogens with one attached hydrogen (secondary N) is 1. The number of hydrogen-bond donors (Lipinski definition) is 3. The highest BCUT2D eigenvalue weighted by atomic mass is 15.2. The summed E-state index contributed by atoms with van der Waals surface area (Å²) in [4.78, 5) is 11.7. The van der Waals surface area contributed by atoms with E-state index >= 15 is 0 Å². The van der Waals surface area contributed by atoms with E-state index in [4.69, 9.17) is 11.5 Å². The summed E-state index contributed by atoms with van der Waals surface area (Å²) in [7, 11) is 0. The molecule has 0 amide bonds. The predicted molar refractivity (Wildman–Crippen MR) is 63.6 cm³/mol. The summed E-state index contributed by atoms with van der Waals surface area (Å²) < 4.78 is 0. The molecule has 1 aromatic rings. The van der Waals surface area contributed by atoms with E-state index < -0.39 is 0 Å². The van der Waals surface area contributed by atoms with Crippen LogP contribution in [-0.4, -0.2) is 21.5 Å². The molecule has 1 fully saturated rings. The van der Waals surface area contributed by atoms with Gasteiger partial charge in [-0.3, -0.25) is 0 Å². The SMILES string of the molecule is CC1CCCC1CNc1nc(N)nc(N)n1. The van der Waals surface area contributed by atoms with Crippen LogP contribution < -0.4 is 16.8 Å². The fraction of sp³-hybridized carbons (Fsp3) is 0.700. The first-order valence-electron chi connectivity index (χ1n) is 5.66. The van der Waals surface area contributed by atoms with Gasteiger partial charge in [0.25, 0.3) is 0 Å². The molecule has 1 heterocycles. The second kappa shape index (κ2) is 4.51. The Hall–Kier alpha value is -1.59. The van der Waals surface area contributed by atoms with E-state index in [9.17, 15) is 0 Å². The van der Waals surface area contributed by atoms with Crippen LogP contribution in [0.4, 0.5) is 17.8 Å². The Morgan fingerprint density at radius 1 is 1.19 bits per heavy atom. The van der Waals surface area contributed by atoms with E-state index in [0.29, 0.717) is 11.9 Å². The number of anilines is 3. The molecule has 1 saturated carbocycles. The van der Waals surface area contributed by atoms with E-state index in [0.717, 1.165) is 12.5 Å². The molecule has 2 rings (SSSR count). The van der Waals surface area contributed by atoms with Crippen LogP contribution in [-0.2, 0) is 0 Å². The topological polar surface area (TPSA) is 103 Å². The molecule has 0 spiro atoms. The smallest absolute Gasteiger partial charge is 0.229 e. The maximum atomic E-state index is 5.49. The molecule has 88 valence electrons. The molecule has 2 atom stereocenters. The first kappa shape index (κ1) is 10.9. The van der Waals surface area contributed by atoms with Crippen LogP contribution in [0.3, 0.4) is 0 Å². The highest BCUT2D eigenvalue weighted by Gasteiger charge is 2.23. The molecule has 6 nitrogen and oxygen atoms in total. The second-order valence-corrected chi connectivity index (χ2v) is 4.42. The minimum Gasteiger partial charge on any atom is -0.368 e. The fourth-order valence-corrected chi connectivity index (χ4v) is 2.24. The first-order chi connectivity index (χ1) is 7.65. The molecule has 5 N–H and O–H groups in total. The molecular formula is C10H18N6. The van der Waals surface area contributed by atoms with Gasteiger partial charge in [0.2, 0.25) is 17.8 Å². The summed E-state index contributed by atoms with van der Waals surface area (Å²) in [5.41, 5.74) is 11.0. The van der Waals surface area contributed by atoms with Gasteiger partial charge in [0.15, 0.2) is 0 Å². The zero-order valence-corrected chi connectivity index (χ0v) is 9.48. The Morgan fingerprint density at radius 2 is 1.88 bits per heavy atom. The van der Waals surface area contributed by atoms with Crippen LogP contribution in [0.25, 0.3) is 0 Å². The van der Waals surface area contributed by atoms with Crippen molar-refractivity contribution in [3.63, 3.8) is 0 Å². The zero-order valence-electron chi connectivity index (χ0n) is 9.48. The van der Waals surface area contributed by atoms with Crippen molar-refractivity contribution >= 4 is 17.8 Å². The van der Waals surface area contributed by atoms with Crippen molar-refractivity contribution in [1.29, 1.82) is 0 Å². The molecule has 0 radical (unpaired) electrons. The largest absolute Gasteiger partial charge is 0.368 e. The van der Waals surface area contributed by atoms with Gasteiger partial charge in [0.1, 0.15) is 0 Å². The average Bonchev–Trinajstić information content (AvgIpc) is 2.59. The summed E-state index contributed by atoms with van der Waals surface area (Å²) in [6.07, 6.45) is 3.90. The molecule has 1 aliphatic carbocycles. The number of rotatable bonds is 3. The Bertz CT molecular complexity index is 346. The number of nitrogens with zero attached hydrogens (tertiary/aromatic N) is 3. The lowest BCUT2D eigenvalue weighted by Crippen LogP contribution is -2.18. The van der Waals surface area contributed by atoms with Gasteiger partial charge in [-0.25, -0.2) is 0 Å². The molecule has 0 aliphatic heterocycles. The third-order valence-electron chi connectivity index (χ3n) is 3.23. The molecule has 16 heavy (non-hydrogen) atoms. The van der Waals surface area contributed by atoms with Gasteiger partial charge in [-0.15, -0.1) is 0 Å². The summed E-state index contributed by atoms with van der Waals surface area (Å²) >= 11 is 0. The molecule has 2 unspecified atom stereocenters. The molecule has 0 aromatic carbocycles. The fourth-order valence-electron chi connectivity index (χ4n) is 2.24. The van der Waals surface area contributed by atoms with E-state index in [1.807, 2.05) is 0 Å². The van der Waals surface area contributed by atoms with Crippen molar-refractivity contribution in [2.75, 3.05) is 23.3 Å². The van der Waals surface area contributed by atoms with Crippen LogP contribution >= 0.6 is 0 Å². The maximum absolute atomic E-state index is 5.49. The van der Waals surface area contributed by atoms with Crippen LogP contribution in [0.2, 0.25) is 0 Å². The number of hydrogen-bond acceptors (Lipinski definition) is 6. The lowest BCUT2D eigenvalue weighted by atomic mass is 9.98. The Morgan fingerprint density at radius 3 is 2.44 bits per heavy atom. The van der Waals surface area contributed by atoms with Crippen LogP contribution in [0.1, 0.15) is 26.2 Å². The van der Waals surface area contributed by atoms with Gasteiger partial charge in [-0.2, -0.15) is 15.0 Å². The third-order valence-corrected chi connectivity index (χ3v) is 3.23. The zero-order chi connectivity index (χ0) is 11.5. The summed E-state index contributed by atoms with van der Waals surface area (Å²) in [5, 5.41) is 3.18. The van der Waals surface area contributed by atoms with Crippen molar-refractivity contribution in [1.82, 2.24) is 15.0 Å². The number of nitrogens with two attached hydrogens (primary N) is 2. The minimum atomic E-state index is 0.162. The molecular weight excluding hydrogens is 204 g/mol. The highest BCUT2D eigenvalue weighted by molar-refractivity contribution is 5.37.